The van der Waals surface area contributed by atoms with Crippen LogP contribution in [0.4, 0.5) is 8.78 Å². The zero-order chi connectivity index (χ0) is 14.8. The van der Waals surface area contributed by atoms with Crippen molar-refractivity contribution < 1.29 is 18.3 Å². The molecule has 112 valence electrons. The van der Waals surface area contributed by atoms with Crippen LogP contribution in [0.2, 0.25) is 0 Å². The van der Waals surface area contributed by atoms with Crippen molar-refractivity contribution in [2.45, 2.75) is 19.1 Å². The number of alkyl halides is 2. The van der Waals surface area contributed by atoms with E-state index in [2.05, 4.69) is 20.4 Å². The summed E-state index contributed by atoms with van der Waals surface area (Å²) in [6.45, 7) is -1.28. The maximum Gasteiger partial charge on any atom is 0.387 e. The van der Waals surface area contributed by atoms with Crippen LogP contribution in [0.5, 0.6) is 5.75 Å². The zero-order valence-corrected chi connectivity index (χ0v) is 11.2. The monoisotopic (exact) mass is 295 g/mol. The van der Waals surface area contributed by atoms with Crippen LogP contribution in [0.25, 0.3) is 10.9 Å². The summed E-state index contributed by atoms with van der Waals surface area (Å²) in [4.78, 5) is 15.1. The van der Waals surface area contributed by atoms with Crippen molar-refractivity contribution >= 4 is 16.8 Å². The van der Waals surface area contributed by atoms with Crippen molar-refractivity contribution in [1.29, 1.82) is 0 Å². The van der Waals surface area contributed by atoms with Gasteiger partial charge in [0, 0.05) is 23.5 Å². The number of H-pyrrole nitrogens is 1. The predicted octanol–water partition coefficient (Wildman–Crippen LogP) is 1.86. The molecule has 21 heavy (non-hydrogen) atoms. The van der Waals surface area contributed by atoms with Crippen LogP contribution in [0.15, 0.2) is 24.3 Å². The van der Waals surface area contributed by atoms with Gasteiger partial charge < -0.3 is 20.4 Å². The Kier molecular flexibility index (Phi) is 3.74. The second-order valence-corrected chi connectivity index (χ2v) is 4.94. The Morgan fingerprint density at radius 2 is 2.29 bits per heavy atom. The van der Waals surface area contributed by atoms with Crippen molar-refractivity contribution in [2.75, 3.05) is 13.1 Å². The molecule has 0 spiro atoms. The van der Waals surface area contributed by atoms with Crippen LogP contribution in [-0.4, -0.2) is 36.6 Å². The zero-order valence-electron chi connectivity index (χ0n) is 11.2. The number of aromatic amines is 1. The number of nitrogens with one attached hydrogen (secondary N) is 3. The number of fused-ring (bicyclic) bond motifs is 1. The third kappa shape index (κ3) is 2.97. The van der Waals surface area contributed by atoms with Crippen LogP contribution in [0.3, 0.4) is 0 Å². The molecule has 2 heterocycles. The highest BCUT2D eigenvalue weighted by atomic mass is 19.3. The Bertz CT molecular complexity index is 651. The molecule has 1 atom stereocenters. The van der Waals surface area contributed by atoms with Crippen molar-refractivity contribution in [3.8, 4) is 5.75 Å². The van der Waals surface area contributed by atoms with Crippen LogP contribution in [0.1, 0.15) is 16.9 Å². The molecule has 1 aromatic carbocycles. The Balaban J connectivity index is 1.84. The molecule has 3 rings (SSSR count). The topological polar surface area (TPSA) is 66.2 Å². The van der Waals surface area contributed by atoms with Gasteiger partial charge in [-0.3, -0.25) is 4.79 Å². The summed E-state index contributed by atoms with van der Waals surface area (Å²) in [5, 5.41) is 6.52. The van der Waals surface area contributed by atoms with E-state index in [1.165, 1.54) is 12.1 Å². The summed E-state index contributed by atoms with van der Waals surface area (Å²) in [6, 6.07) is 6.39. The SMILES string of the molecule is O=C(N[C@@H]1CCNC1)c1cc2c(OC(F)F)cccc2[nH]1. The number of benzene rings is 1. The Labute approximate surface area is 119 Å². The molecule has 1 aromatic heterocycles. The smallest absolute Gasteiger partial charge is 0.387 e. The summed E-state index contributed by atoms with van der Waals surface area (Å²) in [7, 11) is 0. The molecule has 1 saturated heterocycles. The lowest BCUT2D eigenvalue weighted by Crippen LogP contribution is -2.36. The van der Waals surface area contributed by atoms with Crippen LogP contribution in [-0.2, 0) is 0 Å². The fourth-order valence-corrected chi connectivity index (χ4v) is 2.49. The number of hydrogen-bond acceptors (Lipinski definition) is 3. The van der Waals surface area contributed by atoms with E-state index < -0.39 is 6.61 Å². The average Bonchev–Trinajstić information content (AvgIpc) is 3.06. The fourth-order valence-electron chi connectivity index (χ4n) is 2.49. The summed E-state index contributed by atoms with van der Waals surface area (Å²) in [5.74, 6) is -0.191. The third-order valence-electron chi connectivity index (χ3n) is 3.48. The number of aromatic nitrogens is 1. The van der Waals surface area contributed by atoms with Gasteiger partial charge in [-0.05, 0) is 31.2 Å². The molecule has 0 aliphatic carbocycles. The molecule has 3 N–H and O–H groups in total. The second-order valence-electron chi connectivity index (χ2n) is 4.94. The van der Waals surface area contributed by atoms with Gasteiger partial charge in [-0.25, -0.2) is 0 Å². The lowest BCUT2D eigenvalue weighted by Gasteiger charge is -2.09. The maximum absolute atomic E-state index is 12.4. The first-order valence-electron chi connectivity index (χ1n) is 6.71. The number of carbonyl (C=O) groups excluding carboxylic acids is 1. The van der Waals surface area contributed by atoms with Gasteiger partial charge in [0.1, 0.15) is 11.4 Å². The predicted molar refractivity (Wildman–Crippen MR) is 73.7 cm³/mol. The molecule has 1 aliphatic rings. The number of carbonyl (C=O) groups is 1. The van der Waals surface area contributed by atoms with Gasteiger partial charge in [0.2, 0.25) is 0 Å². The number of amides is 1. The van der Waals surface area contributed by atoms with Gasteiger partial charge >= 0.3 is 6.61 Å². The summed E-state index contributed by atoms with van der Waals surface area (Å²) in [6.07, 6.45) is 0.881. The first-order valence-corrected chi connectivity index (χ1v) is 6.71. The highest BCUT2D eigenvalue weighted by Crippen LogP contribution is 2.27. The average molecular weight is 295 g/mol. The highest BCUT2D eigenvalue weighted by molar-refractivity contribution is 5.99. The van der Waals surface area contributed by atoms with E-state index >= 15 is 0 Å². The third-order valence-corrected chi connectivity index (χ3v) is 3.48. The van der Waals surface area contributed by atoms with Crippen LogP contribution < -0.4 is 15.4 Å². The molecule has 0 unspecified atom stereocenters. The molecule has 5 nitrogen and oxygen atoms in total. The molecule has 1 aliphatic heterocycles. The molecule has 0 bridgehead atoms. The Morgan fingerprint density at radius 3 is 3.00 bits per heavy atom. The molecular weight excluding hydrogens is 280 g/mol. The molecule has 1 fully saturated rings. The standard InChI is InChI=1S/C14H15F2N3O2/c15-14(16)21-12-3-1-2-10-9(12)6-11(19-10)13(20)18-8-4-5-17-7-8/h1-3,6,8,14,17,19H,4-5,7H2,(H,18,20)/t8-/m1/s1. The van der Waals surface area contributed by atoms with Gasteiger partial charge in [-0.1, -0.05) is 6.07 Å². The second kappa shape index (κ2) is 5.69. The van der Waals surface area contributed by atoms with Gasteiger partial charge in [-0.2, -0.15) is 8.78 Å². The normalized spacial score (nSPS) is 18.3. The van der Waals surface area contributed by atoms with E-state index in [1.807, 2.05) is 0 Å². The van der Waals surface area contributed by atoms with Crippen molar-refractivity contribution in [3.63, 3.8) is 0 Å². The molecule has 0 radical (unpaired) electrons. The first kappa shape index (κ1) is 13.8. The minimum Gasteiger partial charge on any atom is -0.434 e. The van der Waals surface area contributed by atoms with E-state index in [-0.39, 0.29) is 17.7 Å². The number of hydrogen-bond donors (Lipinski definition) is 3. The van der Waals surface area contributed by atoms with E-state index in [1.54, 1.807) is 12.1 Å². The van der Waals surface area contributed by atoms with Crippen molar-refractivity contribution in [2.24, 2.45) is 0 Å². The van der Waals surface area contributed by atoms with E-state index in [0.29, 0.717) is 16.6 Å². The number of ether oxygens (including phenoxy) is 1. The lowest BCUT2D eigenvalue weighted by atomic mass is 10.2. The largest absolute Gasteiger partial charge is 0.434 e. The minimum atomic E-state index is -2.90. The lowest BCUT2D eigenvalue weighted by molar-refractivity contribution is -0.0487. The summed E-state index contributed by atoms with van der Waals surface area (Å²) in [5.41, 5.74) is 0.921. The number of halogens is 2. The van der Waals surface area contributed by atoms with E-state index in [0.717, 1.165) is 19.5 Å². The Morgan fingerprint density at radius 1 is 1.43 bits per heavy atom. The number of rotatable bonds is 4. The molecule has 0 saturated carbocycles. The summed E-state index contributed by atoms with van der Waals surface area (Å²) < 4.78 is 29.2. The van der Waals surface area contributed by atoms with Gasteiger partial charge in [0.15, 0.2) is 0 Å². The van der Waals surface area contributed by atoms with E-state index in [9.17, 15) is 13.6 Å². The van der Waals surface area contributed by atoms with Gasteiger partial charge in [-0.15, -0.1) is 0 Å². The van der Waals surface area contributed by atoms with Crippen molar-refractivity contribution in [3.05, 3.63) is 30.0 Å². The van der Waals surface area contributed by atoms with Crippen LogP contribution >= 0.6 is 0 Å². The Hall–Kier alpha value is -2.15. The van der Waals surface area contributed by atoms with Gasteiger partial charge in [0.25, 0.3) is 5.91 Å². The molecule has 7 heteroatoms. The fraction of sp³-hybridized carbons (Fsp3) is 0.357. The van der Waals surface area contributed by atoms with E-state index in [4.69, 9.17) is 0 Å². The first-order chi connectivity index (χ1) is 10.1. The molecular formula is C14H15F2N3O2. The maximum atomic E-state index is 12.4. The minimum absolute atomic E-state index is 0.0559. The summed E-state index contributed by atoms with van der Waals surface area (Å²) >= 11 is 0. The van der Waals surface area contributed by atoms with Crippen molar-refractivity contribution in [1.82, 2.24) is 15.6 Å². The van der Waals surface area contributed by atoms with Crippen LogP contribution in [0, 0.1) is 0 Å². The molecule has 1 amide bonds. The molecule has 2 aromatic rings. The quantitative estimate of drug-likeness (QED) is 0.806. The highest BCUT2D eigenvalue weighted by Gasteiger charge is 2.19. The van der Waals surface area contributed by atoms with Gasteiger partial charge in [0.05, 0.1) is 0 Å².